The maximum Gasteiger partial charge on any atom is 0.245 e. The number of aromatic nitrogens is 1. The molecule has 130 valence electrons. The lowest BCUT2D eigenvalue weighted by molar-refractivity contribution is 0.390. The van der Waals surface area contributed by atoms with Gasteiger partial charge in [0.2, 0.25) is 10.0 Å². The number of nitrogens with one attached hydrogen (secondary N) is 1. The van der Waals surface area contributed by atoms with Gasteiger partial charge in [-0.1, -0.05) is 28.8 Å². The van der Waals surface area contributed by atoms with Crippen molar-refractivity contribution in [2.75, 3.05) is 7.11 Å². The highest BCUT2D eigenvalue weighted by atomic mass is 79.9. The summed E-state index contributed by atoms with van der Waals surface area (Å²) in [6, 6.07) is 4.97. The summed E-state index contributed by atoms with van der Waals surface area (Å²) in [7, 11) is -2.27. The molecule has 1 N–H and O–H groups in total. The fourth-order valence-corrected chi connectivity index (χ4v) is 6.30. The molecule has 1 aliphatic carbocycles. The van der Waals surface area contributed by atoms with Gasteiger partial charge in [0.15, 0.2) is 0 Å². The minimum Gasteiger partial charge on any atom is -0.495 e. The van der Waals surface area contributed by atoms with Crippen molar-refractivity contribution in [1.82, 2.24) is 9.71 Å². The van der Waals surface area contributed by atoms with Crippen LogP contribution in [0, 0.1) is 6.92 Å². The monoisotopic (exact) mass is 430 g/mol. The summed E-state index contributed by atoms with van der Waals surface area (Å²) in [5.41, 5.74) is 0.297. The Morgan fingerprint density at radius 2 is 2.04 bits per heavy atom. The Labute approximate surface area is 154 Å². The van der Waals surface area contributed by atoms with E-state index in [1.165, 1.54) is 18.4 Å². The van der Waals surface area contributed by atoms with Gasteiger partial charge in [-0.25, -0.2) is 13.4 Å². The molecule has 0 radical (unpaired) electrons. The predicted molar refractivity (Wildman–Crippen MR) is 98.0 cm³/mol. The maximum absolute atomic E-state index is 13.1. The van der Waals surface area contributed by atoms with Crippen molar-refractivity contribution in [1.29, 1.82) is 0 Å². The Kier molecular flexibility index (Phi) is 5.01. The van der Waals surface area contributed by atoms with E-state index in [4.69, 9.17) is 4.74 Å². The summed E-state index contributed by atoms with van der Waals surface area (Å²) >= 11 is 4.85. The third-order valence-electron chi connectivity index (χ3n) is 4.23. The van der Waals surface area contributed by atoms with E-state index in [1.807, 2.05) is 12.3 Å². The van der Waals surface area contributed by atoms with Gasteiger partial charge in [0, 0.05) is 15.5 Å². The number of ether oxygens (including phenoxy) is 1. The molecule has 0 spiro atoms. The first-order valence-electron chi connectivity index (χ1n) is 7.66. The Morgan fingerprint density at radius 3 is 2.62 bits per heavy atom. The van der Waals surface area contributed by atoms with E-state index >= 15 is 0 Å². The van der Waals surface area contributed by atoms with Crippen LogP contribution in [0.4, 0.5) is 0 Å². The Hall–Kier alpha value is -0.960. The highest BCUT2D eigenvalue weighted by Gasteiger charge is 2.42. The molecule has 2 aromatic rings. The van der Waals surface area contributed by atoms with Crippen LogP contribution in [0.5, 0.6) is 5.75 Å². The minimum atomic E-state index is -3.74. The molecule has 0 amide bonds. The Morgan fingerprint density at radius 1 is 1.33 bits per heavy atom. The van der Waals surface area contributed by atoms with Gasteiger partial charge in [-0.2, -0.15) is 4.72 Å². The number of nitrogens with zero attached hydrogens (tertiary/aromatic N) is 1. The van der Waals surface area contributed by atoms with E-state index in [0.29, 0.717) is 10.2 Å². The number of hydrogen-bond donors (Lipinski definition) is 1. The van der Waals surface area contributed by atoms with Crippen molar-refractivity contribution in [2.45, 2.75) is 43.0 Å². The van der Waals surface area contributed by atoms with Crippen LogP contribution >= 0.6 is 27.3 Å². The normalized spacial score (nSPS) is 17.1. The molecule has 3 rings (SSSR count). The van der Waals surface area contributed by atoms with Crippen LogP contribution in [0.25, 0.3) is 0 Å². The van der Waals surface area contributed by atoms with Gasteiger partial charge in [-0.3, -0.25) is 0 Å². The van der Waals surface area contributed by atoms with E-state index in [0.717, 1.165) is 36.4 Å². The van der Waals surface area contributed by atoms with Gasteiger partial charge in [0.25, 0.3) is 0 Å². The largest absolute Gasteiger partial charge is 0.495 e. The van der Waals surface area contributed by atoms with Gasteiger partial charge in [-0.05, 0) is 38.0 Å². The molecule has 1 aromatic heterocycles. The number of hydrogen-bond acceptors (Lipinski definition) is 5. The molecule has 1 heterocycles. The second-order valence-corrected chi connectivity index (χ2v) is 9.41. The standard InChI is InChI=1S/C16H19BrN2O3S2/c1-11-10-23-15(18-11)16(7-3-4-8-16)19-24(20,21)14-9-12(17)5-6-13(14)22-2/h5-6,9-10,19H,3-4,7-8H2,1-2H3. The van der Waals surface area contributed by atoms with Crippen LogP contribution in [-0.2, 0) is 15.6 Å². The van der Waals surface area contributed by atoms with Gasteiger partial charge >= 0.3 is 0 Å². The highest BCUT2D eigenvalue weighted by Crippen LogP contribution is 2.42. The zero-order valence-electron chi connectivity index (χ0n) is 13.5. The molecule has 1 aliphatic rings. The number of methoxy groups -OCH3 is 1. The molecule has 24 heavy (non-hydrogen) atoms. The lowest BCUT2D eigenvalue weighted by atomic mass is 10.0. The number of rotatable bonds is 5. The summed E-state index contributed by atoms with van der Waals surface area (Å²) in [4.78, 5) is 4.69. The molecule has 0 bridgehead atoms. The third kappa shape index (κ3) is 3.37. The second kappa shape index (κ2) is 6.74. The lowest BCUT2D eigenvalue weighted by Gasteiger charge is -2.28. The fraction of sp³-hybridized carbons (Fsp3) is 0.438. The fourth-order valence-electron chi connectivity index (χ4n) is 3.08. The molecular formula is C16H19BrN2O3S2. The molecule has 0 saturated heterocycles. The number of thiazole rings is 1. The zero-order chi connectivity index (χ0) is 17.4. The average molecular weight is 431 g/mol. The smallest absolute Gasteiger partial charge is 0.245 e. The van der Waals surface area contributed by atoms with Crippen molar-refractivity contribution < 1.29 is 13.2 Å². The molecule has 0 atom stereocenters. The van der Waals surface area contributed by atoms with Crippen LogP contribution in [0.3, 0.4) is 0 Å². The van der Waals surface area contributed by atoms with E-state index in [9.17, 15) is 8.42 Å². The minimum absolute atomic E-state index is 0.138. The van der Waals surface area contributed by atoms with Crippen molar-refractivity contribution in [3.05, 3.63) is 38.8 Å². The van der Waals surface area contributed by atoms with E-state index in [-0.39, 0.29) is 4.90 Å². The van der Waals surface area contributed by atoms with Gasteiger partial charge in [-0.15, -0.1) is 11.3 Å². The van der Waals surface area contributed by atoms with Crippen molar-refractivity contribution in [3.63, 3.8) is 0 Å². The molecule has 1 saturated carbocycles. The first-order valence-corrected chi connectivity index (χ1v) is 10.8. The average Bonchev–Trinajstić information content (AvgIpc) is 3.17. The number of halogens is 1. The SMILES string of the molecule is COc1ccc(Br)cc1S(=O)(=O)NC1(c2nc(C)cs2)CCCC1. The predicted octanol–water partition coefficient (Wildman–Crippen LogP) is 3.97. The Balaban J connectivity index is 2.02. The zero-order valence-corrected chi connectivity index (χ0v) is 16.7. The van der Waals surface area contributed by atoms with Crippen LogP contribution in [0.1, 0.15) is 36.4 Å². The second-order valence-electron chi connectivity index (χ2n) is 5.98. The quantitative estimate of drug-likeness (QED) is 0.778. The van der Waals surface area contributed by atoms with Crippen LogP contribution in [0.2, 0.25) is 0 Å². The number of sulfonamides is 1. The van der Waals surface area contributed by atoms with E-state index in [1.54, 1.807) is 18.2 Å². The number of aryl methyl sites for hydroxylation is 1. The van der Waals surface area contributed by atoms with Gasteiger partial charge in [0.1, 0.15) is 15.7 Å². The van der Waals surface area contributed by atoms with Gasteiger partial charge in [0.05, 0.1) is 12.6 Å². The summed E-state index contributed by atoms with van der Waals surface area (Å²) < 4.78 is 35.0. The van der Waals surface area contributed by atoms with E-state index < -0.39 is 15.6 Å². The topological polar surface area (TPSA) is 68.3 Å². The first-order chi connectivity index (χ1) is 11.4. The lowest BCUT2D eigenvalue weighted by Crippen LogP contribution is -2.43. The van der Waals surface area contributed by atoms with Crippen LogP contribution < -0.4 is 9.46 Å². The third-order valence-corrected chi connectivity index (χ3v) is 7.45. The van der Waals surface area contributed by atoms with Crippen LogP contribution in [0.15, 0.2) is 32.9 Å². The summed E-state index contributed by atoms with van der Waals surface area (Å²) in [5.74, 6) is 0.328. The molecule has 1 fully saturated rings. The first kappa shape index (κ1) is 17.8. The summed E-state index contributed by atoms with van der Waals surface area (Å²) in [6.07, 6.45) is 3.48. The van der Waals surface area contributed by atoms with Gasteiger partial charge < -0.3 is 4.74 Å². The molecule has 0 aliphatic heterocycles. The Bertz CT molecular complexity index is 843. The van der Waals surface area contributed by atoms with Crippen molar-refractivity contribution in [3.8, 4) is 5.75 Å². The number of benzene rings is 1. The molecule has 1 aromatic carbocycles. The summed E-state index contributed by atoms with van der Waals surface area (Å²) in [5, 5.41) is 2.80. The molecule has 8 heteroatoms. The summed E-state index contributed by atoms with van der Waals surface area (Å²) in [6.45, 7) is 1.93. The molecule has 0 unspecified atom stereocenters. The van der Waals surface area contributed by atoms with Crippen LogP contribution in [-0.4, -0.2) is 20.5 Å². The van der Waals surface area contributed by atoms with Crippen molar-refractivity contribution >= 4 is 37.3 Å². The van der Waals surface area contributed by atoms with E-state index in [2.05, 4.69) is 25.6 Å². The molecule has 5 nitrogen and oxygen atoms in total. The van der Waals surface area contributed by atoms with Crippen molar-refractivity contribution in [2.24, 2.45) is 0 Å². The molecular weight excluding hydrogens is 412 g/mol. The maximum atomic E-state index is 13.1. The highest BCUT2D eigenvalue weighted by molar-refractivity contribution is 9.10.